The van der Waals surface area contributed by atoms with E-state index in [0.717, 1.165) is 25.7 Å². The van der Waals surface area contributed by atoms with Crippen LogP contribution < -0.4 is 16.6 Å². The molecule has 10 nitrogen and oxygen atoms in total. The number of nitriles is 1. The van der Waals surface area contributed by atoms with E-state index >= 15 is 0 Å². The lowest BCUT2D eigenvalue weighted by atomic mass is 10.2. The van der Waals surface area contributed by atoms with Crippen LogP contribution in [-0.4, -0.2) is 40.9 Å². The van der Waals surface area contributed by atoms with Crippen molar-refractivity contribution in [1.82, 2.24) is 13.4 Å². The lowest BCUT2D eigenvalue weighted by Crippen LogP contribution is -2.43. The van der Waals surface area contributed by atoms with Gasteiger partial charge in [-0.15, -0.1) is 0 Å². The van der Waals surface area contributed by atoms with E-state index in [9.17, 15) is 22.8 Å². The van der Waals surface area contributed by atoms with Crippen molar-refractivity contribution in [1.29, 1.82) is 5.26 Å². The summed E-state index contributed by atoms with van der Waals surface area (Å²) < 4.78 is 29.1. The summed E-state index contributed by atoms with van der Waals surface area (Å²) in [5, 5.41) is 11.6. The van der Waals surface area contributed by atoms with Gasteiger partial charge in [0.1, 0.15) is 18.2 Å². The van der Waals surface area contributed by atoms with Gasteiger partial charge in [0.2, 0.25) is 15.9 Å². The zero-order chi connectivity index (χ0) is 23.3. The largest absolute Gasteiger partial charge is 0.331 e. The predicted octanol–water partition coefficient (Wildman–Crippen LogP) is 1.10. The number of benzene rings is 1. The maximum absolute atomic E-state index is 12.8. The molecule has 3 rings (SSSR count). The quantitative estimate of drug-likeness (QED) is 0.688. The van der Waals surface area contributed by atoms with Gasteiger partial charge in [0, 0.05) is 31.5 Å². The van der Waals surface area contributed by atoms with Crippen molar-refractivity contribution >= 4 is 21.6 Å². The maximum Gasteiger partial charge on any atom is 0.331 e. The number of aromatic nitrogens is 2. The fraction of sp³-hybridized carbons (Fsp3) is 0.429. The summed E-state index contributed by atoms with van der Waals surface area (Å²) in [6.07, 6.45) is 4.86. The molecule has 1 aromatic heterocycles. The van der Waals surface area contributed by atoms with Crippen LogP contribution in [0.25, 0.3) is 0 Å². The van der Waals surface area contributed by atoms with Crippen molar-refractivity contribution in [2.45, 2.75) is 50.6 Å². The molecule has 32 heavy (non-hydrogen) atoms. The summed E-state index contributed by atoms with van der Waals surface area (Å²) in [6.45, 7) is 2.33. The Kier molecular flexibility index (Phi) is 7.27. The molecule has 1 amide bonds. The van der Waals surface area contributed by atoms with E-state index in [2.05, 4.69) is 5.32 Å². The number of carbonyl (C=O) groups is 1. The Morgan fingerprint density at radius 3 is 2.28 bits per heavy atom. The Bertz CT molecular complexity index is 1250. The van der Waals surface area contributed by atoms with Crippen LogP contribution in [0, 0.1) is 11.3 Å². The van der Waals surface area contributed by atoms with Gasteiger partial charge in [0.15, 0.2) is 0 Å². The summed E-state index contributed by atoms with van der Waals surface area (Å²) in [6, 6.07) is 7.48. The highest BCUT2D eigenvalue weighted by Crippen LogP contribution is 2.21. The molecule has 0 unspecified atom stereocenters. The first-order chi connectivity index (χ1) is 15.3. The van der Waals surface area contributed by atoms with Crippen LogP contribution in [0.1, 0.15) is 38.2 Å². The highest BCUT2D eigenvalue weighted by atomic mass is 32.2. The fourth-order valence-electron chi connectivity index (χ4n) is 3.58. The SMILES string of the molecule is CCn1cc(C#N)c(=O)n(CC(=O)Nc2ccc(S(=O)(=O)N3CCCCCC3)cc2)c1=O. The van der Waals surface area contributed by atoms with Gasteiger partial charge in [-0.3, -0.25) is 14.2 Å². The number of sulfonamides is 1. The van der Waals surface area contributed by atoms with Gasteiger partial charge in [0.25, 0.3) is 5.56 Å². The molecule has 1 aliphatic heterocycles. The molecule has 170 valence electrons. The molecule has 11 heteroatoms. The van der Waals surface area contributed by atoms with Crippen molar-refractivity contribution in [3.05, 3.63) is 56.9 Å². The first-order valence-electron chi connectivity index (χ1n) is 10.4. The summed E-state index contributed by atoms with van der Waals surface area (Å²) in [5.74, 6) is -0.648. The Hall–Kier alpha value is -3.23. The first kappa shape index (κ1) is 23.4. The third-order valence-corrected chi connectivity index (χ3v) is 7.25. The minimum Gasteiger partial charge on any atom is -0.325 e. The zero-order valence-electron chi connectivity index (χ0n) is 17.8. The molecular formula is C21H25N5O5S. The lowest BCUT2D eigenvalue weighted by molar-refractivity contribution is -0.116. The number of nitrogens with one attached hydrogen (secondary N) is 1. The van der Waals surface area contributed by atoms with E-state index in [1.807, 2.05) is 0 Å². The smallest absolute Gasteiger partial charge is 0.325 e. The van der Waals surface area contributed by atoms with Crippen molar-refractivity contribution in [3.63, 3.8) is 0 Å². The van der Waals surface area contributed by atoms with Gasteiger partial charge in [-0.05, 0) is 44.0 Å². The number of hydrogen-bond acceptors (Lipinski definition) is 6. The monoisotopic (exact) mass is 459 g/mol. The summed E-state index contributed by atoms with van der Waals surface area (Å²) >= 11 is 0. The summed E-state index contributed by atoms with van der Waals surface area (Å²) in [7, 11) is -3.61. The molecule has 0 atom stereocenters. The average molecular weight is 460 g/mol. The van der Waals surface area contributed by atoms with E-state index in [4.69, 9.17) is 5.26 Å². The number of anilines is 1. The van der Waals surface area contributed by atoms with Gasteiger partial charge in [-0.25, -0.2) is 17.8 Å². The first-order valence-corrected chi connectivity index (χ1v) is 11.9. The molecule has 2 heterocycles. The third kappa shape index (κ3) is 4.98. The summed E-state index contributed by atoms with van der Waals surface area (Å²) in [5.41, 5.74) is -1.44. The number of amides is 1. The maximum atomic E-state index is 12.8. The highest BCUT2D eigenvalue weighted by molar-refractivity contribution is 7.89. The third-order valence-electron chi connectivity index (χ3n) is 5.34. The van der Waals surface area contributed by atoms with Crippen LogP contribution in [0.4, 0.5) is 5.69 Å². The Morgan fingerprint density at radius 1 is 1.09 bits per heavy atom. The standard InChI is InChI=1S/C21H25N5O5S/c1-2-24-14-16(13-22)20(28)26(21(24)29)15-19(27)23-17-7-9-18(10-8-17)32(30,31)25-11-5-3-4-6-12-25/h7-10,14H,2-6,11-12,15H2,1H3,(H,23,27). The molecule has 0 spiro atoms. The molecule has 1 aromatic carbocycles. The van der Waals surface area contributed by atoms with Crippen LogP contribution in [-0.2, 0) is 27.9 Å². The van der Waals surface area contributed by atoms with Crippen LogP contribution >= 0.6 is 0 Å². The van der Waals surface area contributed by atoms with Crippen LogP contribution in [0.2, 0.25) is 0 Å². The summed E-state index contributed by atoms with van der Waals surface area (Å²) in [4.78, 5) is 37.2. The van der Waals surface area contributed by atoms with Gasteiger partial charge in [-0.2, -0.15) is 9.57 Å². The van der Waals surface area contributed by atoms with Crippen molar-refractivity contribution in [3.8, 4) is 6.07 Å². The highest BCUT2D eigenvalue weighted by Gasteiger charge is 2.25. The van der Waals surface area contributed by atoms with E-state index in [-0.39, 0.29) is 17.0 Å². The minimum atomic E-state index is -3.61. The lowest BCUT2D eigenvalue weighted by Gasteiger charge is -2.20. The molecule has 0 aliphatic carbocycles. The molecule has 0 bridgehead atoms. The average Bonchev–Trinajstić information content (AvgIpc) is 3.07. The molecule has 0 radical (unpaired) electrons. The topological polar surface area (TPSA) is 134 Å². The van der Waals surface area contributed by atoms with Crippen LogP contribution in [0.5, 0.6) is 0 Å². The van der Waals surface area contributed by atoms with E-state index in [1.54, 1.807) is 13.0 Å². The second-order valence-corrected chi connectivity index (χ2v) is 9.44. The molecule has 2 aromatic rings. The molecule has 1 aliphatic rings. The zero-order valence-corrected chi connectivity index (χ0v) is 18.6. The molecule has 1 fully saturated rings. The van der Waals surface area contributed by atoms with E-state index in [0.29, 0.717) is 23.3 Å². The molecule has 0 saturated carbocycles. The second kappa shape index (κ2) is 9.93. The van der Waals surface area contributed by atoms with Gasteiger partial charge in [0.05, 0.1) is 4.90 Å². The number of nitrogens with zero attached hydrogens (tertiary/aromatic N) is 4. The van der Waals surface area contributed by atoms with Crippen molar-refractivity contribution in [2.24, 2.45) is 0 Å². The normalized spacial score (nSPS) is 15.0. The van der Waals surface area contributed by atoms with E-state index < -0.39 is 33.7 Å². The number of hydrogen-bond donors (Lipinski definition) is 1. The molecule has 1 N–H and O–H groups in total. The van der Waals surface area contributed by atoms with E-state index in [1.165, 1.54) is 39.3 Å². The number of carbonyl (C=O) groups excluding carboxylic acids is 1. The Labute approximate surface area is 185 Å². The van der Waals surface area contributed by atoms with Crippen LogP contribution in [0.15, 0.2) is 44.9 Å². The molecule has 1 saturated heterocycles. The predicted molar refractivity (Wildman–Crippen MR) is 118 cm³/mol. The molecular weight excluding hydrogens is 434 g/mol. The van der Waals surface area contributed by atoms with Crippen molar-refractivity contribution in [2.75, 3.05) is 18.4 Å². The Morgan fingerprint density at radius 2 is 1.72 bits per heavy atom. The van der Waals surface area contributed by atoms with Gasteiger partial charge in [-0.1, -0.05) is 12.8 Å². The minimum absolute atomic E-state index is 0.140. The number of aryl methyl sites for hydroxylation is 1. The van der Waals surface area contributed by atoms with Crippen molar-refractivity contribution < 1.29 is 13.2 Å². The number of rotatable bonds is 6. The Balaban J connectivity index is 1.75. The van der Waals surface area contributed by atoms with Gasteiger partial charge >= 0.3 is 5.69 Å². The van der Waals surface area contributed by atoms with Crippen LogP contribution in [0.3, 0.4) is 0 Å². The van der Waals surface area contributed by atoms with Gasteiger partial charge < -0.3 is 5.32 Å². The second-order valence-electron chi connectivity index (χ2n) is 7.51. The fourth-order valence-corrected chi connectivity index (χ4v) is 5.10.